The van der Waals surface area contributed by atoms with Gasteiger partial charge in [0.05, 0.1) is 6.10 Å². The van der Waals surface area contributed by atoms with Gasteiger partial charge in [0.15, 0.2) is 0 Å². The molecule has 3 rings (SSSR count). The molecule has 0 aromatic rings. The molecule has 1 aliphatic carbocycles. The predicted octanol–water partition coefficient (Wildman–Crippen LogP) is 2.80. The lowest BCUT2D eigenvalue weighted by Gasteiger charge is -2.42. The van der Waals surface area contributed by atoms with Crippen LogP contribution in [0.15, 0.2) is 0 Å². The van der Waals surface area contributed by atoms with Gasteiger partial charge in [-0.2, -0.15) is 0 Å². The molecule has 0 amide bonds. The van der Waals surface area contributed by atoms with E-state index in [1.54, 1.807) is 0 Å². The van der Waals surface area contributed by atoms with Crippen LogP contribution in [0.2, 0.25) is 0 Å². The van der Waals surface area contributed by atoms with Crippen LogP contribution in [0.4, 0.5) is 0 Å². The largest absolute Gasteiger partial charge is 0.378 e. The van der Waals surface area contributed by atoms with E-state index < -0.39 is 0 Å². The van der Waals surface area contributed by atoms with Crippen molar-refractivity contribution in [1.82, 2.24) is 10.2 Å². The van der Waals surface area contributed by atoms with Crippen molar-refractivity contribution in [3.63, 3.8) is 0 Å². The molecule has 3 heteroatoms. The minimum absolute atomic E-state index is 0.575. The summed E-state index contributed by atoms with van der Waals surface area (Å²) in [6.45, 7) is 5.96. The fourth-order valence-electron chi connectivity index (χ4n) is 4.42. The first-order chi connectivity index (χ1) is 9.93. The van der Waals surface area contributed by atoms with Gasteiger partial charge in [0.2, 0.25) is 0 Å². The van der Waals surface area contributed by atoms with E-state index in [0.29, 0.717) is 6.10 Å². The first-order valence-electron chi connectivity index (χ1n) is 9.00. The second kappa shape index (κ2) is 7.77. The zero-order chi connectivity index (χ0) is 13.6. The highest BCUT2D eigenvalue weighted by atomic mass is 16.5. The summed E-state index contributed by atoms with van der Waals surface area (Å²) in [6, 6.07) is 0.813. The van der Waals surface area contributed by atoms with Gasteiger partial charge in [-0.3, -0.25) is 4.90 Å². The summed E-state index contributed by atoms with van der Waals surface area (Å²) >= 11 is 0. The fourth-order valence-corrected chi connectivity index (χ4v) is 4.42. The average molecular weight is 280 g/mol. The summed E-state index contributed by atoms with van der Waals surface area (Å²) in [5, 5.41) is 3.63. The van der Waals surface area contributed by atoms with Crippen molar-refractivity contribution in [2.75, 3.05) is 32.8 Å². The van der Waals surface area contributed by atoms with Gasteiger partial charge < -0.3 is 10.1 Å². The number of ether oxygens (including phenoxy) is 1. The lowest BCUT2D eigenvalue weighted by molar-refractivity contribution is 0.0743. The van der Waals surface area contributed by atoms with Gasteiger partial charge in [-0.25, -0.2) is 0 Å². The molecule has 0 radical (unpaired) electrons. The first-order valence-corrected chi connectivity index (χ1v) is 9.00. The van der Waals surface area contributed by atoms with E-state index in [-0.39, 0.29) is 0 Å². The van der Waals surface area contributed by atoms with E-state index in [1.807, 2.05) is 0 Å². The van der Waals surface area contributed by atoms with E-state index in [1.165, 1.54) is 84.0 Å². The Labute approximate surface area is 124 Å². The number of hydrogen-bond donors (Lipinski definition) is 1. The Balaban J connectivity index is 1.44. The third-order valence-electron chi connectivity index (χ3n) is 5.59. The molecule has 3 nitrogen and oxygen atoms in total. The summed E-state index contributed by atoms with van der Waals surface area (Å²) in [6.07, 6.45) is 13.1. The lowest BCUT2D eigenvalue weighted by Crippen LogP contribution is -2.54. The molecule has 0 aromatic heterocycles. The highest BCUT2D eigenvalue weighted by molar-refractivity contribution is 4.87. The maximum Gasteiger partial charge on any atom is 0.0576 e. The van der Waals surface area contributed by atoms with Crippen molar-refractivity contribution in [2.24, 2.45) is 5.92 Å². The maximum absolute atomic E-state index is 5.75. The molecule has 0 aromatic carbocycles. The van der Waals surface area contributed by atoms with Crippen molar-refractivity contribution < 1.29 is 4.74 Å². The maximum atomic E-state index is 5.75. The van der Waals surface area contributed by atoms with E-state index in [2.05, 4.69) is 10.2 Å². The number of hydrogen-bond acceptors (Lipinski definition) is 3. The summed E-state index contributed by atoms with van der Waals surface area (Å²) in [7, 11) is 0. The number of nitrogens with zero attached hydrogens (tertiary/aromatic N) is 1. The second-order valence-corrected chi connectivity index (χ2v) is 6.98. The highest BCUT2D eigenvalue weighted by Crippen LogP contribution is 2.30. The van der Waals surface area contributed by atoms with Crippen LogP contribution in [-0.2, 0) is 4.74 Å². The van der Waals surface area contributed by atoms with Crippen LogP contribution in [0, 0.1) is 5.92 Å². The van der Waals surface area contributed by atoms with Gasteiger partial charge in [-0.1, -0.05) is 19.3 Å². The second-order valence-electron chi connectivity index (χ2n) is 6.98. The molecular weight excluding hydrogens is 248 g/mol. The molecule has 1 N–H and O–H groups in total. The molecule has 20 heavy (non-hydrogen) atoms. The van der Waals surface area contributed by atoms with Crippen molar-refractivity contribution in [3.05, 3.63) is 0 Å². The Hall–Kier alpha value is -0.120. The minimum atomic E-state index is 0.575. The Morgan fingerprint density at radius 3 is 2.75 bits per heavy atom. The molecule has 2 saturated heterocycles. The van der Waals surface area contributed by atoms with Crippen LogP contribution in [-0.4, -0.2) is 49.8 Å². The SMILES string of the molecule is C1CCC(C2CNCCN2CCCC2CCCO2)CC1. The van der Waals surface area contributed by atoms with Crippen LogP contribution in [0.25, 0.3) is 0 Å². The van der Waals surface area contributed by atoms with Crippen LogP contribution < -0.4 is 5.32 Å². The van der Waals surface area contributed by atoms with Crippen LogP contribution in [0.5, 0.6) is 0 Å². The third-order valence-corrected chi connectivity index (χ3v) is 5.59. The topological polar surface area (TPSA) is 24.5 Å². The number of nitrogens with one attached hydrogen (secondary N) is 1. The highest BCUT2D eigenvalue weighted by Gasteiger charge is 2.30. The quantitative estimate of drug-likeness (QED) is 0.838. The van der Waals surface area contributed by atoms with Crippen molar-refractivity contribution in [3.8, 4) is 0 Å². The molecule has 2 unspecified atom stereocenters. The van der Waals surface area contributed by atoms with Gasteiger partial charge in [-0.15, -0.1) is 0 Å². The van der Waals surface area contributed by atoms with Crippen molar-refractivity contribution in [2.45, 2.75) is 69.9 Å². The Kier molecular flexibility index (Phi) is 5.75. The molecule has 116 valence electrons. The van der Waals surface area contributed by atoms with Crippen LogP contribution >= 0.6 is 0 Å². The lowest BCUT2D eigenvalue weighted by atomic mass is 9.82. The van der Waals surface area contributed by atoms with E-state index >= 15 is 0 Å². The summed E-state index contributed by atoms with van der Waals surface area (Å²) in [5.41, 5.74) is 0. The molecule has 2 aliphatic heterocycles. The third kappa shape index (κ3) is 3.96. The molecule has 2 atom stereocenters. The Bertz CT molecular complexity index is 272. The average Bonchev–Trinajstić information content (AvgIpc) is 3.02. The van der Waals surface area contributed by atoms with Crippen LogP contribution in [0.1, 0.15) is 57.8 Å². The van der Waals surface area contributed by atoms with Crippen LogP contribution in [0.3, 0.4) is 0 Å². The predicted molar refractivity (Wildman–Crippen MR) is 83.0 cm³/mol. The molecule has 3 fully saturated rings. The van der Waals surface area contributed by atoms with Gasteiger partial charge in [-0.05, 0) is 51.0 Å². The summed E-state index contributed by atoms with van der Waals surface area (Å²) < 4.78 is 5.75. The smallest absolute Gasteiger partial charge is 0.0576 e. The molecule has 3 aliphatic rings. The number of piperazine rings is 1. The van der Waals surface area contributed by atoms with E-state index in [0.717, 1.165) is 18.6 Å². The zero-order valence-corrected chi connectivity index (χ0v) is 13.0. The summed E-state index contributed by atoms with van der Waals surface area (Å²) in [4.78, 5) is 2.79. The molecular formula is C17H32N2O. The standard InChI is InChI=1S/C17H32N2O/c1-2-6-15(7-3-1)17-14-18-10-12-19(17)11-4-8-16-9-5-13-20-16/h15-18H,1-14H2. The molecule has 0 bridgehead atoms. The van der Waals surface area contributed by atoms with Crippen molar-refractivity contribution >= 4 is 0 Å². The van der Waals surface area contributed by atoms with Gasteiger partial charge >= 0.3 is 0 Å². The van der Waals surface area contributed by atoms with Gasteiger partial charge in [0, 0.05) is 32.3 Å². The first kappa shape index (κ1) is 14.8. The number of rotatable bonds is 5. The molecule has 2 heterocycles. The van der Waals surface area contributed by atoms with E-state index in [9.17, 15) is 0 Å². The van der Waals surface area contributed by atoms with Gasteiger partial charge in [0.1, 0.15) is 0 Å². The minimum Gasteiger partial charge on any atom is -0.378 e. The molecule has 1 saturated carbocycles. The fraction of sp³-hybridized carbons (Fsp3) is 1.00. The monoisotopic (exact) mass is 280 g/mol. The van der Waals surface area contributed by atoms with E-state index in [4.69, 9.17) is 4.74 Å². The van der Waals surface area contributed by atoms with Crippen molar-refractivity contribution in [1.29, 1.82) is 0 Å². The summed E-state index contributed by atoms with van der Waals surface area (Å²) in [5.74, 6) is 0.958. The Morgan fingerprint density at radius 2 is 1.95 bits per heavy atom. The zero-order valence-electron chi connectivity index (χ0n) is 13.0. The normalized spacial score (nSPS) is 33.6. The molecule has 0 spiro atoms. The Morgan fingerprint density at radius 1 is 1.05 bits per heavy atom. The van der Waals surface area contributed by atoms with Gasteiger partial charge in [0.25, 0.3) is 0 Å².